The molecule has 2 aliphatic heterocycles. The van der Waals surface area contributed by atoms with Crippen LogP contribution in [0.2, 0.25) is 0 Å². The van der Waals surface area contributed by atoms with Crippen LogP contribution in [-0.2, 0) is 11.2 Å². The van der Waals surface area contributed by atoms with Crippen LogP contribution in [0.4, 0.5) is 0 Å². The molecule has 2 fully saturated rings. The van der Waals surface area contributed by atoms with Crippen LogP contribution >= 0.6 is 11.3 Å². The smallest absolute Gasteiger partial charge is 0.271 e. The average Bonchev–Trinajstić information content (AvgIpc) is 3.18. The molecule has 0 aliphatic carbocycles. The Balaban J connectivity index is 1.58. The number of nitrogens with zero attached hydrogens (tertiary/aromatic N) is 3. The van der Waals surface area contributed by atoms with Gasteiger partial charge in [-0.3, -0.25) is 9.69 Å². The Hall–Kier alpha value is -1.02. The van der Waals surface area contributed by atoms with Crippen LogP contribution in [0.25, 0.3) is 0 Å². The van der Waals surface area contributed by atoms with Crippen molar-refractivity contribution in [3.05, 3.63) is 16.1 Å². The maximum atomic E-state index is 12.4. The quantitative estimate of drug-likeness (QED) is 0.862. The number of nitrogens with one attached hydrogen (secondary N) is 1. The third-order valence-corrected chi connectivity index (χ3v) is 5.53. The van der Waals surface area contributed by atoms with E-state index in [1.807, 2.05) is 5.38 Å². The van der Waals surface area contributed by atoms with Crippen molar-refractivity contribution in [1.82, 2.24) is 20.1 Å². The lowest BCUT2D eigenvalue weighted by Gasteiger charge is -2.37. The number of rotatable bonds is 5. The Morgan fingerprint density at radius 3 is 2.91 bits per heavy atom. The van der Waals surface area contributed by atoms with Crippen molar-refractivity contribution in [2.45, 2.75) is 31.8 Å². The van der Waals surface area contributed by atoms with Gasteiger partial charge in [0.05, 0.1) is 30.3 Å². The third kappa shape index (κ3) is 4.09. The highest BCUT2D eigenvalue weighted by Gasteiger charge is 2.35. The van der Waals surface area contributed by atoms with E-state index in [4.69, 9.17) is 4.74 Å². The molecule has 3 heterocycles. The summed E-state index contributed by atoms with van der Waals surface area (Å²) in [5.74, 6) is -0.0711. The Kier molecular flexibility index (Phi) is 5.63. The molecule has 0 radical (unpaired) electrons. The Morgan fingerprint density at radius 1 is 1.39 bits per heavy atom. The van der Waals surface area contributed by atoms with Crippen molar-refractivity contribution < 1.29 is 9.53 Å². The molecular weight excluding hydrogens is 312 g/mol. The molecule has 6 nitrogen and oxygen atoms in total. The van der Waals surface area contributed by atoms with Gasteiger partial charge < -0.3 is 15.0 Å². The molecule has 2 atom stereocenters. The van der Waals surface area contributed by atoms with Crippen molar-refractivity contribution in [2.24, 2.45) is 0 Å². The summed E-state index contributed by atoms with van der Waals surface area (Å²) in [4.78, 5) is 21.7. The molecule has 1 amide bonds. The number of carbonyl (C=O) groups excluding carboxylic acids is 1. The number of amides is 1. The highest BCUT2D eigenvalue weighted by atomic mass is 32.1. The molecule has 1 aromatic heterocycles. The highest BCUT2D eigenvalue weighted by Crippen LogP contribution is 2.17. The van der Waals surface area contributed by atoms with Gasteiger partial charge in [-0.25, -0.2) is 4.98 Å². The number of aromatic nitrogens is 1. The molecule has 1 N–H and O–H groups in total. The van der Waals surface area contributed by atoms with Gasteiger partial charge >= 0.3 is 0 Å². The van der Waals surface area contributed by atoms with Crippen LogP contribution in [0.5, 0.6) is 0 Å². The van der Waals surface area contributed by atoms with Gasteiger partial charge in [0, 0.05) is 31.6 Å². The maximum Gasteiger partial charge on any atom is 0.271 e. The minimum absolute atomic E-state index is 0.0576. The van der Waals surface area contributed by atoms with Crippen LogP contribution in [0.1, 0.15) is 28.8 Å². The van der Waals surface area contributed by atoms with Crippen LogP contribution in [0.15, 0.2) is 5.38 Å². The van der Waals surface area contributed by atoms with Gasteiger partial charge in [0.1, 0.15) is 5.69 Å². The summed E-state index contributed by atoms with van der Waals surface area (Å²) in [5, 5.41) is 6.03. The van der Waals surface area contributed by atoms with E-state index in [2.05, 4.69) is 34.1 Å². The van der Waals surface area contributed by atoms with E-state index < -0.39 is 0 Å². The Labute approximate surface area is 141 Å². The van der Waals surface area contributed by atoms with Gasteiger partial charge in [0.25, 0.3) is 5.91 Å². The van der Waals surface area contributed by atoms with E-state index in [1.54, 1.807) is 11.3 Å². The SMILES string of the molecule is CCCc1nc(C(=O)N[C@H]2COC[C@@H]2N2CCN(C)CC2)cs1. The molecule has 2 saturated heterocycles. The zero-order valence-electron chi connectivity index (χ0n) is 14.0. The summed E-state index contributed by atoms with van der Waals surface area (Å²) in [6.07, 6.45) is 1.99. The Morgan fingerprint density at radius 2 is 2.17 bits per heavy atom. The molecule has 0 saturated carbocycles. The summed E-state index contributed by atoms with van der Waals surface area (Å²) >= 11 is 1.57. The second kappa shape index (κ2) is 7.70. The zero-order valence-corrected chi connectivity index (χ0v) is 14.8. The fourth-order valence-electron chi connectivity index (χ4n) is 3.18. The standard InChI is InChI=1S/C16H26N4O2S/c1-3-4-15-17-13(11-23-15)16(21)18-12-9-22-10-14(12)20-7-5-19(2)6-8-20/h11-12,14H,3-10H2,1-2H3,(H,18,21)/t12-,14-/m0/s1. The second-order valence-electron chi connectivity index (χ2n) is 6.40. The predicted octanol–water partition coefficient (Wildman–Crippen LogP) is 0.840. The average molecular weight is 338 g/mol. The van der Waals surface area contributed by atoms with E-state index in [0.717, 1.165) is 44.0 Å². The number of hydrogen-bond acceptors (Lipinski definition) is 6. The summed E-state index contributed by atoms with van der Waals surface area (Å²) in [6.45, 7) is 7.63. The summed E-state index contributed by atoms with van der Waals surface area (Å²) in [6, 6.07) is 0.337. The fourth-order valence-corrected chi connectivity index (χ4v) is 4.06. The van der Waals surface area contributed by atoms with E-state index >= 15 is 0 Å². The highest BCUT2D eigenvalue weighted by molar-refractivity contribution is 7.09. The number of aryl methyl sites for hydroxylation is 1. The number of piperazine rings is 1. The van der Waals surface area contributed by atoms with Crippen molar-refractivity contribution >= 4 is 17.2 Å². The van der Waals surface area contributed by atoms with Crippen LogP contribution in [-0.4, -0.2) is 79.2 Å². The van der Waals surface area contributed by atoms with E-state index in [0.29, 0.717) is 18.9 Å². The fraction of sp³-hybridized carbons (Fsp3) is 0.750. The number of thiazole rings is 1. The molecule has 23 heavy (non-hydrogen) atoms. The second-order valence-corrected chi connectivity index (χ2v) is 7.34. The van der Waals surface area contributed by atoms with E-state index in [9.17, 15) is 4.79 Å². The van der Waals surface area contributed by atoms with Gasteiger partial charge in [-0.1, -0.05) is 6.92 Å². The van der Waals surface area contributed by atoms with Crippen LogP contribution in [0.3, 0.4) is 0 Å². The van der Waals surface area contributed by atoms with Crippen molar-refractivity contribution in [3.63, 3.8) is 0 Å². The lowest BCUT2D eigenvalue weighted by Crippen LogP contribution is -2.56. The first-order valence-electron chi connectivity index (χ1n) is 8.43. The molecular formula is C16H26N4O2S. The van der Waals surface area contributed by atoms with Crippen molar-refractivity contribution in [2.75, 3.05) is 46.4 Å². The molecule has 1 aromatic rings. The first kappa shape index (κ1) is 16.8. The maximum absolute atomic E-state index is 12.4. The first-order valence-corrected chi connectivity index (χ1v) is 9.31. The lowest BCUT2D eigenvalue weighted by atomic mass is 10.1. The van der Waals surface area contributed by atoms with Crippen LogP contribution in [0, 0.1) is 0 Å². The minimum Gasteiger partial charge on any atom is -0.378 e. The number of carbonyl (C=O) groups is 1. The van der Waals surface area contributed by atoms with E-state index in [-0.39, 0.29) is 18.0 Å². The van der Waals surface area contributed by atoms with Gasteiger partial charge in [-0.05, 0) is 19.9 Å². The summed E-state index contributed by atoms with van der Waals surface area (Å²) in [5.41, 5.74) is 0.544. The molecule has 0 spiro atoms. The van der Waals surface area contributed by atoms with Gasteiger partial charge in [0.15, 0.2) is 0 Å². The lowest BCUT2D eigenvalue weighted by molar-refractivity contribution is 0.0826. The molecule has 2 aliphatic rings. The third-order valence-electron chi connectivity index (χ3n) is 4.62. The van der Waals surface area contributed by atoms with Gasteiger partial charge in [-0.15, -0.1) is 11.3 Å². The molecule has 0 unspecified atom stereocenters. The van der Waals surface area contributed by atoms with E-state index in [1.165, 1.54) is 0 Å². The molecule has 128 valence electrons. The summed E-state index contributed by atoms with van der Waals surface area (Å²) < 4.78 is 5.64. The first-order chi connectivity index (χ1) is 11.2. The summed E-state index contributed by atoms with van der Waals surface area (Å²) in [7, 11) is 2.15. The minimum atomic E-state index is -0.0711. The predicted molar refractivity (Wildman–Crippen MR) is 91.0 cm³/mol. The van der Waals surface area contributed by atoms with Gasteiger partial charge in [0.2, 0.25) is 0 Å². The number of ether oxygens (including phenoxy) is 1. The van der Waals surface area contributed by atoms with Crippen LogP contribution < -0.4 is 5.32 Å². The molecule has 3 rings (SSSR count). The normalized spacial score (nSPS) is 26.5. The number of hydrogen-bond donors (Lipinski definition) is 1. The largest absolute Gasteiger partial charge is 0.378 e. The molecule has 7 heteroatoms. The van der Waals surface area contributed by atoms with Crippen molar-refractivity contribution in [3.8, 4) is 0 Å². The monoisotopic (exact) mass is 338 g/mol. The topological polar surface area (TPSA) is 57.7 Å². The van der Waals surface area contributed by atoms with Crippen molar-refractivity contribution in [1.29, 1.82) is 0 Å². The Bertz CT molecular complexity index is 528. The zero-order chi connectivity index (χ0) is 16.2. The molecule has 0 aromatic carbocycles. The number of likely N-dealkylation sites (N-methyl/N-ethyl adjacent to an activating group) is 1. The van der Waals surface area contributed by atoms with Gasteiger partial charge in [-0.2, -0.15) is 0 Å². The molecule has 0 bridgehead atoms.